The average molecular weight is 124 g/mol. The molecule has 0 saturated heterocycles. The van der Waals surface area contributed by atoms with Crippen LogP contribution in [0.3, 0.4) is 0 Å². The van der Waals surface area contributed by atoms with E-state index in [2.05, 4.69) is 16.9 Å². The molecule has 0 bridgehead atoms. The fourth-order valence-electron chi connectivity index (χ4n) is 1.33. The van der Waals surface area contributed by atoms with E-state index in [1.807, 2.05) is 0 Å². The van der Waals surface area contributed by atoms with E-state index < -0.39 is 0 Å². The van der Waals surface area contributed by atoms with Crippen molar-refractivity contribution in [3.63, 3.8) is 0 Å². The maximum absolute atomic E-state index is 4.42. The van der Waals surface area contributed by atoms with Crippen LogP contribution in [-0.2, 0) is 0 Å². The Kier molecular flexibility index (Phi) is 1.01. The summed E-state index contributed by atoms with van der Waals surface area (Å²) in [5.74, 6) is 2.22. The first-order chi connectivity index (χ1) is 4.38. The summed E-state index contributed by atoms with van der Waals surface area (Å²) in [7, 11) is 2.14. The highest BCUT2D eigenvalue weighted by Gasteiger charge is 2.31. The first-order valence-corrected chi connectivity index (χ1v) is 3.63. The molecule has 0 spiro atoms. The number of hydrogen-bond donors (Lipinski definition) is 0. The Bertz CT molecular complexity index is 147. The monoisotopic (exact) mass is 124 g/mol. The quantitative estimate of drug-likeness (QED) is 0.503. The second-order valence-electron chi connectivity index (χ2n) is 2.94. The van der Waals surface area contributed by atoms with Gasteiger partial charge in [-0.3, -0.25) is 4.99 Å². The van der Waals surface area contributed by atoms with Crippen LogP contribution in [-0.4, -0.2) is 30.9 Å². The average Bonchev–Trinajstić information content (AvgIpc) is 2.58. The maximum atomic E-state index is 4.42. The lowest BCUT2D eigenvalue weighted by atomic mass is 10.4. The number of aliphatic imine (C=N–C) groups is 1. The van der Waals surface area contributed by atoms with Crippen LogP contribution in [0.15, 0.2) is 4.99 Å². The van der Waals surface area contributed by atoms with Crippen LogP contribution in [0.4, 0.5) is 0 Å². The van der Waals surface area contributed by atoms with Gasteiger partial charge in [-0.05, 0) is 12.8 Å². The third-order valence-corrected chi connectivity index (χ3v) is 2.04. The molecule has 0 N–H and O–H groups in total. The fourth-order valence-corrected chi connectivity index (χ4v) is 1.33. The van der Waals surface area contributed by atoms with Gasteiger partial charge in [0, 0.05) is 19.5 Å². The van der Waals surface area contributed by atoms with Gasteiger partial charge in [-0.25, -0.2) is 0 Å². The van der Waals surface area contributed by atoms with Crippen molar-refractivity contribution in [2.24, 2.45) is 10.9 Å². The molecule has 1 saturated carbocycles. The summed E-state index contributed by atoms with van der Waals surface area (Å²) in [6.07, 6.45) is 2.76. The van der Waals surface area contributed by atoms with E-state index in [9.17, 15) is 0 Å². The lowest BCUT2D eigenvalue weighted by Gasteiger charge is -2.11. The molecule has 0 atom stereocenters. The Labute approximate surface area is 55.6 Å². The second-order valence-corrected chi connectivity index (χ2v) is 2.94. The topological polar surface area (TPSA) is 15.6 Å². The van der Waals surface area contributed by atoms with Gasteiger partial charge in [0.25, 0.3) is 0 Å². The van der Waals surface area contributed by atoms with Crippen LogP contribution >= 0.6 is 0 Å². The normalized spacial score (nSPS) is 26.8. The molecule has 0 unspecified atom stereocenters. The maximum Gasteiger partial charge on any atom is 0.102 e. The van der Waals surface area contributed by atoms with Crippen molar-refractivity contribution in [3.05, 3.63) is 0 Å². The van der Waals surface area contributed by atoms with Gasteiger partial charge in [0.05, 0.1) is 6.54 Å². The lowest BCUT2D eigenvalue weighted by Crippen LogP contribution is -2.23. The zero-order valence-electron chi connectivity index (χ0n) is 5.80. The summed E-state index contributed by atoms with van der Waals surface area (Å²) in [5.41, 5.74) is 0. The van der Waals surface area contributed by atoms with Crippen molar-refractivity contribution >= 4 is 5.84 Å². The molecule has 1 aliphatic heterocycles. The van der Waals surface area contributed by atoms with E-state index in [1.165, 1.54) is 18.7 Å². The van der Waals surface area contributed by atoms with E-state index in [-0.39, 0.29) is 0 Å². The largest absolute Gasteiger partial charge is 0.361 e. The van der Waals surface area contributed by atoms with Crippen molar-refractivity contribution in [2.45, 2.75) is 12.8 Å². The van der Waals surface area contributed by atoms with Crippen LogP contribution in [0.5, 0.6) is 0 Å². The molecule has 0 aromatic rings. The highest BCUT2D eigenvalue weighted by Crippen LogP contribution is 2.32. The molecular weight excluding hydrogens is 112 g/mol. The van der Waals surface area contributed by atoms with Gasteiger partial charge >= 0.3 is 0 Å². The molecule has 50 valence electrons. The number of likely N-dealkylation sites (N-methyl/N-ethyl adjacent to an activating group) is 1. The van der Waals surface area contributed by atoms with Gasteiger partial charge < -0.3 is 4.90 Å². The van der Waals surface area contributed by atoms with Gasteiger partial charge in [0.1, 0.15) is 5.84 Å². The minimum absolute atomic E-state index is 0.845. The Hall–Kier alpha value is -0.530. The van der Waals surface area contributed by atoms with Crippen LogP contribution in [0.1, 0.15) is 12.8 Å². The fraction of sp³-hybridized carbons (Fsp3) is 0.857. The van der Waals surface area contributed by atoms with E-state index in [0.29, 0.717) is 0 Å². The molecule has 2 rings (SSSR count). The Balaban J connectivity index is 2.07. The molecule has 0 aromatic carbocycles. The van der Waals surface area contributed by atoms with Crippen molar-refractivity contribution in [2.75, 3.05) is 20.1 Å². The van der Waals surface area contributed by atoms with Crippen LogP contribution in [0.2, 0.25) is 0 Å². The molecule has 1 aliphatic carbocycles. The smallest absolute Gasteiger partial charge is 0.102 e. The summed E-state index contributed by atoms with van der Waals surface area (Å²) in [4.78, 5) is 6.71. The molecule has 2 nitrogen and oxygen atoms in total. The van der Waals surface area contributed by atoms with Crippen molar-refractivity contribution < 1.29 is 0 Å². The van der Waals surface area contributed by atoms with Crippen molar-refractivity contribution in [1.29, 1.82) is 0 Å². The van der Waals surface area contributed by atoms with Crippen molar-refractivity contribution in [3.8, 4) is 0 Å². The molecule has 0 amide bonds. The van der Waals surface area contributed by atoms with Gasteiger partial charge in [-0.1, -0.05) is 0 Å². The number of amidine groups is 1. The summed E-state index contributed by atoms with van der Waals surface area (Å²) >= 11 is 0. The van der Waals surface area contributed by atoms with Gasteiger partial charge in [0.15, 0.2) is 0 Å². The van der Waals surface area contributed by atoms with Gasteiger partial charge in [-0.2, -0.15) is 0 Å². The number of hydrogen-bond acceptors (Lipinski definition) is 2. The highest BCUT2D eigenvalue weighted by atomic mass is 15.2. The zero-order valence-corrected chi connectivity index (χ0v) is 5.80. The minimum Gasteiger partial charge on any atom is -0.361 e. The summed E-state index contributed by atoms with van der Waals surface area (Å²) in [5, 5.41) is 0. The van der Waals surface area contributed by atoms with E-state index in [0.717, 1.165) is 19.0 Å². The minimum atomic E-state index is 0.845. The number of rotatable bonds is 1. The van der Waals surface area contributed by atoms with Crippen LogP contribution in [0.25, 0.3) is 0 Å². The first kappa shape index (κ1) is 5.27. The number of nitrogens with zero attached hydrogens (tertiary/aromatic N) is 2. The zero-order chi connectivity index (χ0) is 6.27. The molecule has 2 aliphatic rings. The standard InChI is InChI=1S/C7H12N2/c1-9-5-4-8-7(9)6-2-3-6/h6H,2-5H2,1H3. The van der Waals surface area contributed by atoms with E-state index in [1.54, 1.807) is 0 Å². The Morgan fingerprint density at radius 2 is 2.33 bits per heavy atom. The highest BCUT2D eigenvalue weighted by molar-refractivity contribution is 5.87. The van der Waals surface area contributed by atoms with E-state index >= 15 is 0 Å². The Morgan fingerprint density at radius 1 is 1.56 bits per heavy atom. The summed E-state index contributed by atoms with van der Waals surface area (Å²) in [6, 6.07) is 0. The van der Waals surface area contributed by atoms with Crippen molar-refractivity contribution in [1.82, 2.24) is 4.90 Å². The summed E-state index contributed by atoms with van der Waals surface area (Å²) < 4.78 is 0. The predicted octanol–water partition coefficient (Wildman–Crippen LogP) is 0.740. The lowest BCUT2D eigenvalue weighted by molar-refractivity contribution is 0.542. The van der Waals surface area contributed by atoms with Gasteiger partial charge in [-0.15, -0.1) is 0 Å². The predicted molar refractivity (Wildman–Crippen MR) is 37.7 cm³/mol. The SMILES string of the molecule is CN1CCN=C1C1CC1. The third kappa shape index (κ3) is 0.824. The Morgan fingerprint density at radius 3 is 2.78 bits per heavy atom. The van der Waals surface area contributed by atoms with Gasteiger partial charge in [0.2, 0.25) is 0 Å². The first-order valence-electron chi connectivity index (χ1n) is 3.63. The molecule has 2 heteroatoms. The molecule has 0 radical (unpaired) electrons. The third-order valence-electron chi connectivity index (χ3n) is 2.04. The second kappa shape index (κ2) is 1.72. The van der Waals surface area contributed by atoms with E-state index in [4.69, 9.17) is 0 Å². The molecule has 1 fully saturated rings. The molecule has 1 heterocycles. The van der Waals surface area contributed by atoms with Crippen LogP contribution < -0.4 is 0 Å². The molecule has 9 heavy (non-hydrogen) atoms. The molecule has 0 aromatic heterocycles. The summed E-state index contributed by atoms with van der Waals surface area (Å²) in [6.45, 7) is 2.17. The molecular formula is C7H12N2. The van der Waals surface area contributed by atoms with Crippen LogP contribution in [0, 0.1) is 5.92 Å².